The molecule has 3 aromatic rings. The lowest BCUT2D eigenvalue weighted by Gasteiger charge is -2.26. The van der Waals surface area contributed by atoms with Crippen LogP contribution in [0.1, 0.15) is 58.2 Å². The summed E-state index contributed by atoms with van der Waals surface area (Å²) in [7, 11) is 0. The molecule has 0 aromatic heterocycles. The number of para-hydroxylation sites is 2. The first-order valence-electron chi connectivity index (χ1n) is 14.9. The number of hydrogen-bond acceptors (Lipinski definition) is 3. The summed E-state index contributed by atoms with van der Waals surface area (Å²) in [6.07, 6.45) is 9.59. The van der Waals surface area contributed by atoms with E-state index in [1.54, 1.807) is 0 Å². The lowest BCUT2D eigenvalue weighted by Crippen LogP contribution is -2.27. The van der Waals surface area contributed by atoms with Crippen molar-refractivity contribution in [1.82, 2.24) is 0 Å². The van der Waals surface area contributed by atoms with E-state index in [0.29, 0.717) is 6.54 Å². The maximum absolute atomic E-state index is 6.54. The van der Waals surface area contributed by atoms with Gasteiger partial charge in [0.1, 0.15) is 18.1 Å². The van der Waals surface area contributed by atoms with Crippen molar-refractivity contribution >= 4 is 17.1 Å². The van der Waals surface area contributed by atoms with Crippen molar-refractivity contribution in [2.45, 2.75) is 58.8 Å². The molecule has 4 nitrogen and oxygen atoms in total. The standard InChI is InChI=1S/C37H44N3O/c1-7-39-32-15-11-9-13-30(32)36(3,4)34(39)23-21-29(41-28-19-17-27(18-20-28)25-26-38)22-24-35-37(5,6)31-14-10-12-16-33(31)40(35)8-2/h9-24H,7-8,25-26,38H2,1-6H3/q+1. The van der Waals surface area contributed by atoms with E-state index in [9.17, 15) is 0 Å². The molecule has 0 bridgehead atoms. The molecule has 41 heavy (non-hydrogen) atoms. The van der Waals surface area contributed by atoms with E-state index in [2.05, 4.69) is 136 Å². The second kappa shape index (κ2) is 11.5. The molecule has 0 radical (unpaired) electrons. The van der Waals surface area contributed by atoms with Crippen molar-refractivity contribution < 1.29 is 9.31 Å². The van der Waals surface area contributed by atoms with Crippen LogP contribution >= 0.6 is 0 Å². The maximum atomic E-state index is 6.54. The highest BCUT2D eigenvalue weighted by atomic mass is 16.5. The lowest BCUT2D eigenvalue weighted by atomic mass is 9.81. The Morgan fingerprint density at radius 1 is 0.878 bits per heavy atom. The smallest absolute Gasteiger partial charge is 0.209 e. The minimum atomic E-state index is -0.107. The number of rotatable bonds is 9. The molecule has 4 heteroatoms. The zero-order chi connectivity index (χ0) is 29.2. The van der Waals surface area contributed by atoms with Crippen LogP contribution < -0.4 is 15.4 Å². The molecule has 0 atom stereocenters. The van der Waals surface area contributed by atoms with Gasteiger partial charge in [-0.05, 0) is 88.2 Å². The number of fused-ring (bicyclic) bond motifs is 2. The van der Waals surface area contributed by atoms with Gasteiger partial charge in [0.05, 0.1) is 5.41 Å². The van der Waals surface area contributed by atoms with Gasteiger partial charge in [-0.25, -0.2) is 0 Å². The van der Waals surface area contributed by atoms with Gasteiger partial charge in [-0.1, -0.05) is 62.4 Å². The van der Waals surface area contributed by atoms with E-state index in [1.807, 2.05) is 12.1 Å². The molecule has 5 rings (SSSR count). The lowest BCUT2D eigenvalue weighted by molar-refractivity contribution is -0.433. The van der Waals surface area contributed by atoms with E-state index in [4.69, 9.17) is 10.5 Å². The number of nitrogens with zero attached hydrogens (tertiary/aromatic N) is 2. The number of benzene rings is 3. The summed E-state index contributed by atoms with van der Waals surface area (Å²) >= 11 is 0. The third-order valence-corrected chi connectivity index (χ3v) is 8.63. The molecule has 0 aliphatic carbocycles. The van der Waals surface area contributed by atoms with Gasteiger partial charge >= 0.3 is 0 Å². The highest BCUT2D eigenvalue weighted by Gasteiger charge is 2.43. The summed E-state index contributed by atoms with van der Waals surface area (Å²) in [5.74, 6) is 1.61. The van der Waals surface area contributed by atoms with Crippen LogP contribution in [0.5, 0.6) is 5.75 Å². The second-order valence-corrected chi connectivity index (χ2v) is 11.9. The van der Waals surface area contributed by atoms with Crippen LogP contribution in [0, 0.1) is 0 Å². The van der Waals surface area contributed by atoms with Gasteiger partial charge in [0.2, 0.25) is 5.69 Å². The summed E-state index contributed by atoms with van der Waals surface area (Å²) in [6.45, 7) is 16.1. The van der Waals surface area contributed by atoms with Crippen molar-refractivity contribution in [3.8, 4) is 5.75 Å². The van der Waals surface area contributed by atoms with Crippen LogP contribution in [-0.4, -0.2) is 29.9 Å². The molecular weight excluding hydrogens is 502 g/mol. The van der Waals surface area contributed by atoms with E-state index < -0.39 is 0 Å². The Hall–Kier alpha value is -3.89. The Balaban J connectivity index is 1.56. The number of hydrogen-bond donors (Lipinski definition) is 1. The normalized spacial score (nSPS) is 18.4. The third kappa shape index (κ3) is 5.29. The summed E-state index contributed by atoms with van der Waals surface area (Å²) in [5.41, 5.74) is 14.6. The SMILES string of the molecule is CCN1/C(=C/C=C(/C=C/C2=[N+](CC)c3ccccc3C2(C)C)Oc2ccc(CCN)cc2)C(C)(C)c2ccccc21. The molecule has 2 N–H and O–H groups in total. The first kappa shape index (κ1) is 28.6. The van der Waals surface area contributed by atoms with Crippen molar-refractivity contribution in [2.24, 2.45) is 5.73 Å². The molecule has 0 saturated carbocycles. The van der Waals surface area contributed by atoms with Crippen molar-refractivity contribution in [1.29, 1.82) is 0 Å². The molecule has 0 spiro atoms. The van der Waals surface area contributed by atoms with Crippen LogP contribution in [0.2, 0.25) is 0 Å². The molecule has 2 aliphatic heterocycles. The zero-order valence-corrected chi connectivity index (χ0v) is 25.4. The highest BCUT2D eigenvalue weighted by Crippen LogP contribution is 2.47. The minimum absolute atomic E-state index is 0.107. The molecule has 2 heterocycles. The summed E-state index contributed by atoms with van der Waals surface area (Å²) in [5, 5.41) is 0. The largest absolute Gasteiger partial charge is 0.457 e. The van der Waals surface area contributed by atoms with Crippen LogP contribution in [0.3, 0.4) is 0 Å². The second-order valence-electron chi connectivity index (χ2n) is 11.9. The zero-order valence-electron chi connectivity index (χ0n) is 25.4. The van der Waals surface area contributed by atoms with E-state index in [-0.39, 0.29) is 10.8 Å². The Morgan fingerprint density at radius 2 is 1.56 bits per heavy atom. The quantitative estimate of drug-likeness (QED) is 0.169. The van der Waals surface area contributed by atoms with Gasteiger partial charge in [0, 0.05) is 41.1 Å². The molecule has 0 unspecified atom stereocenters. The molecule has 212 valence electrons. The minimum Gasteiger partial charge on any atom is -0.457 e. The molecule has 0 amide bonds. The highest BCUT2D eigenvalue weighted by molar-refractivity contribution is 6.03. The number of allylic oxidation sites excluding steroid dienone is 5. The van der Waals surface area contributed by atoms with Crippen molar-refractivity contribution in [3.63, 3.8) is 0 Å². The predicted molar refractivity (Wildman–Crippen MR) is 173 cm³/mol. The Kier molecular flexibility index (Phi) is 8.06. The summed E-state index contributed by atoms with van der Waals surface area (Å²) in [6, 6.07) is 25.7. The van der Waals surface area contributed by atoms with Crippen molar-refractivity contribution in [3.05, 3.63) is 125 Å². The predicted octanol–water partition coefficient (Wildman–Crippen LogP) is 7.80. The van der Waals surface area contributed by atoms with Crippen LogP contribution in [-0.2, 0) is 17.3 Å². The van der Waals surface area contributed by atoms with Gasteiger partial charge in [0.25, 0.3) is 0 Å². The Bertz CT molecular complexity index is 1540. The van der Waals surface area contributed by atoms with E-state index in [0.717, 1.165) is 31.0 Å². The van der Waals surface area contributed by atoms with Gasteiger partial charge in [-0.2, -0.15) is 4.58 Å². The average Bonchev–Trinajstić information content (AvgIpc) is 3.33. The van der Waals surface area contributed by atoms with Crippen molar-refractivity contribution in [2.75, 3.05) is 24.5 Å². The van der Waals surface area contributed by atoms with Crippen LogP contribution in [0.15, 0.2) is 109 Å². The number of nitrogens with two attached hydrogens (primary N) is 1. The number of likely N-dealkylation sites (N-methyl/N-ethyl adjacent to an activating group) is 1. The maximum Gasteiger partial charge on any atom is 0.209 e. The molecule has 0 saturated heterocycles. The topological polar surface area (TPSA) is 41.5 Å². The monoisotopic (exact) mass is 546 g/mol. The van der Waals surface area contributed by atoms with Gasteiger partial charge in [0.15, 0.2) is 5.71 Å². The number of anilines is 1. The molecule has 3 aromatic carbocycles. The van der Waals surface area contributed by atoms with Gasteiger partial charge in [-0.3, -0.25) is 0 Å². The number of ether oxygens (including phenoxy) is 1. The van der Waals surface area contributed by atoms with E-state index >= 15 is 0 Å². The Morgan fingerprint density at radius 3 is 2.24 bits per heavy atom. The molecule has 0 fully saturated rings. The van der Waals surface area contributed by atoms with Crippen LogP contribution in [0.4, 0.5) is 11.4 Å². The molecule has 2 aliphatic rings. The fourth-order valence-corrected chi connectivity index (χ4v) is 6.44. The average molecular weight is 547 g/mol. The summed E-state index contributed by atoms with van der Waals surface area (Å²) < 4.78 is 8.96. The van der Waals surface area contributed by atoms with Gasteiger partial charge in [-0.15, -0.1) is 0 Å². The first-order valence-corrected chi connectivity index (χ1v) is 14.9. The van der Waals surface area contributed by atoms with Gasteiger partial charge < -0.3 is 15.4 Å². The van der Waals surface area contributed by atoms with Crippen LogP contribution in [0.25, 0.3) is 0 Å². The third-order valence-electron chi connectivity index (χ3n) is 8.63. The van der Waals surface area contributed by atoms with E-state index in [1.165, 1.54) is 39.5 Å². The fraction of sp³-hybridized carbons (Fsp3) is 0.324. The molecular formula is C37H44N3O+. The first-order chi connectivity index (χ1) is 19.7. The fourth-order valence-electron chi connectivity index (χ4n) is 6.44. The Labute approximate surface area is 246 Å². The summed E-state index contributed by atoms with van der Waals surface area (Å²) in [4.78, 5) is 2.42.